The van der Waals surface area contributed by atoms with Crippen molar-refractivity contribution in [3.8, 4) is 0 Å². The summed E-state index contributed by atoms with van der Waals surface area (Å²) in [4.78, 5) is 20.3. The van der Waals surface area contributed by atoms with E-state index >= 15 is 0 Å². The molecule has 0 rings (SSSR count). The maximum Gasteiger partial charge on any atom is 0.102 e. The Morgan fingerprint density at radius 3 is 0.672 bits per heavy atom. The average molecular weight is 978 g/mol. The van der Waals surface area contributed by atoms with Crippen LogP contribution in [0.2, 0.25) is 0 Å². The molecule has 0 aromatic heterocycles. The van der Waals surface area contributed by atoms with Crippen LogP contribution >= 0.6 is 7.82 Å². The highest BCUT2D eigenvalue weighted by molar-refractivity contribution is 7.43. The molecule has 0 aliphatic rings. The summed E-state index contributed by atoms with van der Waals surface area (Å²) in [5.41, 5.74) is 0. The quantitative estimate of drug-likeness (QED) is 0.0357. The van der Waals surface area contributed by atoms with Crippen molar-refractivity contribution < 1.29 is 38.1 Å². The molecule has 0 heterocycles. The summed E-state index contributed by atoms with van der Waals surface area (Å²) < 4.78 is 16.5. The van der Waals surface area contributed by atoms with E-state index in [4.69, 9.17) is 0 Å². The first-order valence-electron chi connectivity index (χ1n) is 30.0. The van der Waals surface area contributed by atoms with E-state index in [2.05, 4.69) is 53.2 Å². The maximum atomic E-state index is 10.1. The Hall–Kier alpha value is -0.0500. The monoisotopic (exact) mass is 977 g/mol. The third-order valence-corrected chi connectivity index (χ3v) is 14.7. The van der Waals surface area contributed by atoms with Gasteiger partial charge in [-0.05, 0) is 57.8 Å². The van der Waals surface area contributed by atoms with Gasteiger partial charge in [-0.3, -0.25) is 0 Å². The molecule has 67 heavy (non-hydrogen) atoms. The summed E-state index contributed by atoms with van der Waals surface area (Å²) >= 11 is 0. The number of likely N-dealkylation sites (N-methyl/N-ethyl adjacent to an activating group) is 2. The van der Waals surface area contributed by atoms with Crippen LogP contribution in [0.4, 0.5) is 0 Å². The van der Waals surface area contributed by atoms with Crippen molar-refractivity contribution in [1.29, 1.82) is 0 Å². The largest absolute Gasteiger partial charge is 0.790 e. The van der Waals surface area contributed by atoms with Gasteiger partial charge in [-0.25, -0.2) is 0 Å². The number of phosphoric acid groups is 1. The van der Waals surface area contributed by atoms with Gasteiger partial charge in [0, 0.05) is 0 Å². The Balaban J connectivity index is -0.000000936. The highest BCUT2D eigenvalue weighted by atomic mass is 31.2. The summed E-state index contributed by atoms with van der Waals surface area (Å²) in [6, 6.07) is 0. The number of aliphatic hydroxyl groups excluding tert-OH is 2. The van der Waals surface area contributed by atoms with E-state index in [1.807, 2.05) is 0 Å². The van der Waals surface area contributed by atoms with E-state index in [9.17, 15) is 24.6 Å². The van der Waals surface area contributed by atoms with Gasteiger partial charge in [-0.15, -0.1) is 0 Å². The Labute approximate surface area is 421 Å². The van der Waals surface area contributed by atoms with Crippen LogP contribution < -0.4 is 9.79 Å². The molecule has 0 bridgehead atoms. The number of nitrogens with zero attached hydrogens (tertiary/aromatic N) is 2. The lowest BCUT2D eigenvalue weighted by Gasteiger charge is -2.34. The third kappa shape index (κ3) is 62.0. The van der Waals surface area contributed by atoms with Crippen molar-refractivity contribution in [2.24, 2.45) is 0 Å². The molecular formula is C58H125N2O6P. The van der Waals surface area contributed by atoms with E-state index in [1.165, 1.54) is 277 Å². The molecule has 0 aliphatic carbocycles. The summed E-state index contributed by atoms with van der Waals surface area (Å²) in [5.74, 6) is 0. The summed E-state index contributed by atoms with van der Waals surface area (Å²) in [7, 11) is -0.0232. The first-order valence-corrected chi connectivity index (χ1v) is 31.4. The second-order valence-corrected chi connectivity index (χ2v) is 22.5. The Kier molecular flexibility index (Phi) is 60.4. The highest BCUT2D eigenvalue weighted by Crippen LogP contribution is 2.25. The first-order chi connectivity index (χ1) is 32.4. The molecule has 9 heteroatoms. The van der Waals surface area contributed by atoms with Gasteiger partial charge in [-0.2, -0.15) is 0 Å². The van der Waals surface area contributed by atoms with E-state index in [1.54, 1.807) is 0 Å². The molecule has 0 fully saturated rings. The fraction of sp³-hybridized carbons (Fsp3) is 1.00. The minimum absolute atomic E-state index is 0.0424. The van der Waals surface area contributed by atoms with Crippen molar-refractivity contribution in [1.82, 2.24) is 0 Å². The zero-order chi connectivity index (χ0) is 50.3. The van der Waals surface area contributed by atoms with Gasteiger partial charge >= 0.3 is 0 Å². The van der Waals surface area contributed by atoms with Crippen LogP contribution in [0.15, 0.2) is 0 Å². The minimum Gasteiger partial charge on any atom is -0.790 e. The van der Waals surface area contributed by atoms with Gasteiger partial charge < -0.3 is 38.1 Å². The van der Waals surface area contributed by atoms with Gasteiger partial charge in [0.2, 0.25) is 0 Å². The lowest BCUT2D eigenvalue weighted by molar-refractivity contribution is -0.910. The van der Waals surface area contributed by atoms with Gasteiger partial charge in [0.05, 0.1) is 67.9 Å². The number of rotatable bonds is 52. The van der Waals surface area contributed by atoms with Crippen LogP contribution in [0.1, 0.15) is 304 Å². The maximum absolute atomic E-state index is 10.1. The SMILES string of the molecule is CCCCCCCCCCCCOP(=O)([O-])[O-].CCCCCCCCCC[N+](C)(CCO)CCCCCCCCCC.CCCCCCCCCC[N+](C)(CCO)CCCCCCCCCC. The van der Waals surface area contributed by atoms with Gasteiger partial charge in [0.1, 0.15) is 13.1 Å². The molecule has 0 atom stereocenters. The highest BCUT2D eigenvalue weighted by Gasteiger charge is 2.21. The summed E-state index contributed by atoms with van der Waals surface area (Å²) in [6.45, 7) is 19.0. The van der Waals surface area contributed by atoms with Gasteiger partial charge in [0.25, 0.3) is 0 Å². The molecule has 0 unspecified atom stereocenters. The predicted octanol–water partition coefficient (Wildman–Crippen LogP) is 16.2. The molecule has 0 spiro atoms. The number of aliphatic hydroxyl groups is 2. The van der Waals surface area contributed by atoms with Crippen LogP contribution in [-0.4, -0.2) is 92.4 Å². The van der Waals surface area contributed by atoms with Crippen LogP contribution in [0.25, 0.3) is 0 Å². The van der Waals surface area contributed by atoms with Crippen molar-refractivity contribution in [3.63, 3.8) is 0 Å². The first kappa shape index (κ1) is 71.2. The van der Waals surface area contributed by atoms with Crippen molar-refractivity contribution >= 4 is 7.82 Å². The molecule has 408 valence electrons. The normalized spacial score (nSPS) is 12.0. The second kappa shape index (κ2) is 56.9. The molecule has 0 saturated heterocycles. The Bertz CT molecular complexity index is 860. The summed E-state index contributed by atoms with van der Waals surface area (Å²) in [5, 5.41) is 18.9. The fourth-order valence-electron chi connectivity index (χ4n) is 9.43. The number of hydrogen-bond acceptors (Lipinski definition) is 6. The molecule has 0 aliphatic heterocycles. The molecule has 8 nitrogen and oxygen atoms in total. The Morgan fingerprint density at radius 1 is 0.313 bits per heavy atom. The number of unbranched alkanes of at least 4 members (excludes halogenated alkanes) is 37. The molecule has 0 amide bonds. The molecule has 0 saturated carbocycles. The predicted molar refractivity (Wildman–Crippen MR) is 292 cm³/mol. The van der Waals surface area contributed by atoms with Crippen LogP contribution in [-0.2, 0) is 9.09 Å². The van der Waals surface area contributed by atoms with E-state index in [0.29, 0.717) is 19.6 Å². The second-order valence-electron chi connectivity index (χ2n) is 21.4. The van der Waals surface area contributed by atoms with Crippen LogP contribution in [0.5, 0.6) is 0 Å². The van der Waals surface area contributed by atoms with Gasteiger partial charge in [-0.1, -0.05) is 247 Å². The van der Waals surface area contributed by atoms with E-state index in [0.717, 1.165) is 34.9 Å². The minimum atomic E-state index is -4.74. The smallest absolute Gasteiger partial charge is 0.102 e. The standard InChI is InChI=1S/2C23H50NO.C12H27O4P/c2*1-4-6-8-10-12-14-16-18-20-24(3,22-23-25)21-19-17-15-13-11-9-7-5-2;1-2-3-4-5-6-7-8-9-10-11-12-16-17(13,14)15/h2*25H,4-23H2,1-3H3;2-12H2,1H3,(H2,13,14,15)/q2*+1;/p-2. The lowest BCUT2D eigenvalue weighted by Crippen LogP contribution is -2.47. The van der Waals surface area contributed by atoms with E-state index < -0.39 is 7.82 Å². The van der Waals surface area contributed by atoms with Gasteiger partial charge in [0.15, 0.2) is 0 Å². The van der Waals surface area contributed by atoms with Crippen LogP contribution in [0, 0.1) is 0 Å². The lowest BCUT2D eigenvalue weighted by atomic mass is 10.1. The molecule has 0 aromatic rings. The molecular weight excluding hydrogens is 852 g/mol. The van der Waals surface area contributed by atoms with Crippen LogP contribution in [0.3, 0.4) is 0 Å². The zero-order valence-electron chi connectivity index (χ0n) is 46.9. The van der Waals surface area contributed by atoms with E-state index in [-0.39, 0.29) is 6.61 Å². The molecule has 0 radical (unpaired) electrons. The number of quaternary nitrogens is 2. The third-order valence-electron chi connectivity index (χ3n) is 14.2. The number of phosphoric ester groups is 1. The zero-order valence-corrected chi connectivity index (χ0v) is 47.8. The summed E-state index contributed by atoms with van der Waals surface area (Å²) in [6.07, 6.45) is 56.3. The molecule has 0 aromatic carbocycles. The number of hydrogen-bond donors (Lipinski definition) is 2. The average Bonchev–Trinajstić information content (AvgIpc) is 3.29. The molecule has 2 N–H and O–H groups in total. The fourth-order valence-corrected chi connectivity index (χ4v) is 9.78. The topological polar surface area (TPSA) is 113 Å². The Morgan fingerprint density at radius 2 is 0.493 bits per heavy atom. The van der Waals surface area contributed by atoms with Crippen molar-refractivity contribution in [2.45, 2.75) is 304 Å². The van der Waals surface area contributed by atoms with Crippen molar-refractivity contribution in [2.75, 3.05) is 73.2 Å². The van der Waals surface area contributed by atoms with Crippen molar-refractivity contribution in [3.05, 3.63) is 0 Å².